The number of anilines is 1. The van der Waals surface area contributed by atoms with Crippen molar-refractivity contribution in [2.45, 2.75) is 37.3 Å². The number of hydrogen-bond donors (Lipinski definition) is 0. The van der Waals surface area contributed by atoms with Crippen LogP contribution in [0.25, 0.3) is 11.3 Å². The van der Waals surface area contributed by atoms with E-state index in [-0.39, 0.29) is 29.0 Å². The van der Waals surface area contributed by atoms with E-state index in [1.807, 2.05) is 60.7 Å². The lowest BCUT2D eigenvalue weighted by molar-refractivity contribution is 0.0997. The van der Waals surface area contributed by atoms with Crippen molar-refractivity contribution in [3.8, 4) is 0 Å². The molecule has 0 amide bonds. The van der Waals surface area contributed by atoms with Gasteiger partial charge in [0, 0.05) is 28.7 Å². The lowest BCUT2D eigenvalue weighted by Crippen LogP contribution is -2.55. The number of Topliss-reactive ketones (excluding diaryl/α,β-unsaturated/α-hetero) is 2. The van der Waals surface area contributed by atoms with Crippen LogP contribution in [0.3, 0.4) is 0 Å². The standard InChI is InChI=1S/C42H34N2O2/c45-40(31-19-9-3-10-20-31)39(41(46)32-21-11-4-12-22-32)33-24-25-36-38(27-33)44-37(30-17-7-2-8-18-30)28-34(29-15-5-1-6-16-29)35-23-13-14-26-42(35,44)43-36/h1-12,15-22,24-25,27-28,34-35H,13-14,23,26H2. The van der Waals surface area contributed by atoms with E-state index in [0.29, 0.717) is 16.3 Å². The molecule has 4 nitrogen and oxygen atoms in total. The monoisotopic (exact) mass is 598 g/mol. The number of rotatable bonds is 6. The van der Waals surface area contributed by atoms with Gasteiger partial charge in [-0.1, -0.05) is 140 Å². The third kappa shape index (κ3) is 4.64. The number of ketones is 2. The molecule has 0 aromatic heterocycles. The molecule has 0 N–H and O–H groups in total. The van der Waals surface area contributed by atoms with Gasteiger partial charge in [0.2, 0.25) is 0 Å². The third-order valence-electron chi connectivity index (χ3n) is 9.90. The molecule has 2 aliphatic heterocycles. The summed E-state index contributed by atoms with van der Waals surface area (Å²) in [5.74, 6) is -0.0633. The maximum absolute atomic E-state index is 14.1. The van der Waals surface area contributed by atoms with Gasteiger partial charge < -0.3 is 4.90 Å². The van der Waals surface area contributed by atoms with Gasteiger partial charge >= 0.3 is 0 Å². The first-order valence-corrected chi connectivity index (χ1v) is 16.2. The Bertz CT molecular complexity index is 2040. The average molecular weight is 599 g/mol. The van der Waals surface area contributed by atoms with Gasteiger partial charge in [0.25, 0.3) is 0 Å². The Balaban J connectivity index is 1.37. The number of carbonyl (C=O) groups is 2. The van der Waals surface area contributed by atoms with Crippen LogP contribution in [0.2, 0.25) is 0 Å². The second-order valence-corrected chi connectivity index (χ2v) is 12.5. The molecule has 2 heterocycles. The van der Waals surface area contributed by atoms with E-state index in [1.54, 1.807) is 24.3 Å². The molecule has 0 saturated heterocycles. The normalized spacial score (nSPS) is 21.2. The molecule has 224 valence electrons. The Morgan fingerprint density at radius 1 is 0.674 bits per heavy atom. The quantitative estimate of drug-likeness (QED) is 0.148. The zero-order chi connectivity index (χ0) is 31.1. The predicted molar refractivity (Wildman–Crippen MR) is 183 cm³/mol. The summed E-state index contributed by atoms with van der Waals surface area (Å²) >= 11 is 0. The number of carbonyl (C=O) groups excluding carboxylic acids is 2. The summed E-state index contributed by atoms with van der Waals surface area (Å²) in [6, 6.07) is 45.5. The highest BCUT2D eigenvalue weighted by Crippen LogP contribution is 2.55. The number of allylic oxidation sites excluding steroid dienone is 1. The molecule has 4 heteroatoms. The van der Waals surface area contributed by atoms with Gasteiger partial charge in [-0.15, -0.1) is 0 Å². The van der Waals surface area contributed by atoms with E-state index < -0.39 is 5.66 Å². The van der Waals surface area contributed by atoms with E-state index in [9.17, 15) is 9.59 Å². The zero-order valence-electron chi connectivity index (χ0n) is 25.6. The highest BCUT2D eigenvalue weighted by atomic mass is 16.1. The minimum atomic E-state index is -0.452. The van der Waals surface area contributed by atoms with Crippen molar-refractivity contribution in [1.29, 1.82) is 0 Å². The molecule has 3 unspecified atom stereocenters. The first kappa shape index (κ1) is 28.1. The lowest BCUT2D eigenvalue weighted by atomic mass is 9.66. The molecule has 1 aliphatic carbocycles. The molecule has 0 radical (unpaired) electrons. The van der Waals surface area contributed by atoms with Crippen LogP contribution >= 0.6 is 0 Å². The second-order valence-electron chi connectivity index (χ2n) is 12.5. The van der Waals surface area contributed by atoms with Crippen molar-refractivity contribution in [1.82, 2.24) is 0 Å². The maximum atomic E-state index is 14.1. The molecular formula is C42H34N2O2. The van der Waals surface area contributed by atoms with Gasteiger partial charge in [0.15, 0.2) is 11.6 Å². The van der Waals surface area contributed by atoms with Gasteiger partial charge in [0.1, 0.15) is 5.66 Å². The van der Waals surface area contributed by atoms with E-state index in [2.05, 4.69) is 65.6 Å². The van der Waals surface area contributed by atoms with Crippen LogP contribution in [0.5, 0.6) is 0 Å². The number of nitrogens with zero attached hydrogens (tertiary/aromatic N) is 2. The molecule has 3 atom stereocenters. The van der Waals surface area contributed by atoms with Gasteiger partial charge in [0.05, 0.1) is 16.6 Å². The molecule has 46 heavy (non-hydrogen) atoms. The smallest absolute Gasteiger partial charge is 0.197 e. The second kappa shape index (κ2) is 11.5. The number of fused-ring (bicyclic) bond motifs is 2. The third-order valence-corrected chi connectivity index (χ3v) is 9.90. The minimum absolute atomic E-state index is 0.172. The molecule has 1 spiro atoms. The number of hydrogen-bond acceptors (Lipinski definition) is 4. The Morgan fingerprint density at radius 3 is 1.89 bits per heavy atom. The Hall–Kier alpha value is -5.35. The van der Waals surface area contributed by atoms with Crippen molar-refractivity contribution >= 4 is 28.5 Å². The van der Waals surface area contributed by atoms with Crippen molar-refractivity contribution in [2.24, 2.45) is 10.9 Å². The summed E-state index contributed by atoms with van der Waals surface area (Å²) in [5, 5.41) is 1.52. The molecular weight excluding hydrogens is 564 g/mol. The largest absolute Gasteiger partial charge is 0.314 e. The van der Waals surface area contributed by atoms with E-state index in [4.69, 9.17) is 4.99 Å². The van der Waals surface area contributed by atoms with Gasteiger partial charge in [-0.05, 0) is 47.7 Å². The van der Waals surface area contributed by atoms with Crippen molar-refractivity contribution in [3.63, 3.8) is 0 Å². The highest BCUT2D eigenvalue weighted by Gasteiger charge is 2.55. The summed E-state index contributed by atoms with van der Waals surface area (Å²) in [5.41, 5.74) is 5.21. The van der Waals surface area contributed by atoms with Crippen molar-refractivity contribution in [3.05, 3.63) is 178 Å². The molecule has 3 aliphatic rings. The highest BCUT2D eigenvalue weighted by molar-refractivity contribution is 6.49. The molecule has 1 saturated carbocycles. The summed E-state index contributed by atoms with van der Waals surface area (Å²) in [4.78, 5) is 36.3. The zero-order valence-corrected chi connectivity index (χ0v) is 25.6. The Kier molecular flexibility index (Phi) is 7.06. The molecule has 5 aromatic rings. The molecule has 0 bridgehead atoms. The summed E-state index contributed by atoms with van der Waals surface area (Å²) < 4.78 is 0. The Morgan fingerprint density at radius 2 is 1.26 bits per heavy atom. The van der Waals surface area contributed by atoms with Crippen LogP contribution in [0.4, 0.5) is 5.69 Å². The minimum Gasteiger partial charge on any atom is -0.314 e. The van der Waals surface area contributed by atoms with E-state index >= 15 is 0 Å². The molecule has 8 rings (SSSR count). The first-order valence-electron chi connectivity index (χ1n) is 16.2. The van der Waals surface area contributed by atoms with Gasteiger partial charge in [-0.25, -0.2) is 0 Å². The van der Waals surface area contributed by atoms with Crippen LogP contribution in [0.1, 0.15) is 63.4 Å². The fraction of sp³-hybridized carbons (Fsp3) is 0.167. The topological polar surface area (TPSA) is 49.7 Å². The SMILES string of the molecule is O=C(C(C(=O)c1ccccc1)=c1ccc2c(c1)N1C(c3ccccc3)=CC(c3ccccc3)C3CCCCC31N=2)c1ccccc1. The first-order chi connectivity index (χ1) is 22.6. The van der Waals surface area contributed by atoms with E-state index in [0.717, 1.165) is 41.6 Å². The van der Waals surface area contributed by atoms with Crippen molar-refractivity contribution in [2.75, 3.05) is 4.90 Å². The fourth-order valence-corrected chi connectivity index (χ4v) is 7.84. The predicted octanol–water partition coefficient (Wildman–Crippen LogP) is 7.77. The summed E-state index contributed by atoms with van der Waals surface area (Å²) in [6.45, 7) is 0. The molecule has 1 fully saturated rings. The fourth-order valence-electron chi connectivity index (χ4n) is 7.84. The molecule has 5 aromatic carbocycles. The summed E-state index contributed by atoms with van der Waals surface area (Å²) in [6.07, 6.45) is 6.72. The van der Waals surface area contributed by atoms with E-state index in [1.165, 1.54) is 12.0 Å². The van der Waals surface area contributed by atoms with Crippen LogP contribution in [-0.4, -0.2) is 17.2 Å². The maximum Gasteiger partial charge on any atom is 0.197 e. The Labute approximate surface area is 269 Å². The van der Waals surface area contributed by atoms with Gasteiger partial charge in [-0.3, -0.25) is 14.6 Å². The lowest BCUT2D eigenvalue weighted by Gasteiger charge is -2.53. The average Bonchev–Trinajstić information content (AvgIpc) is 3.45. The van der Waals surface area contributed by atoms with Crippen LogP contribution in [0.15, 0.2) is 151 Å². The van der Waals surface area contributed by atoms with Crippen molar-refractivity contribution < 1.29 is 9.59 Å². The van der Waals surface area contributed by atoms with Gasteiger partial charge in [-0.2, -0.15) is 0 Å². The van der Waals surface area contributed by atoms with Crippen LogP contribution in [0, 0.1) is 5.92 Å². The van der Waals surface area contributed by atoms with Crippen LogP contribution < -0.4 is 15.5 Å². The summed E-state index contributed by atoms with van der Waals surface area (Å²) in [7, 11) is 0. The number of benzene rings is 5. The van der Waals surface area contributed by atoms with Crippen LogP contribution in [-0.2, 0) is 0 Å².